The van der Waals surface area contributed by atoms with E-state index in [4.69, 9.17) is 5.73 Å². The summed E-state index contributed by atoms with van der Waals surface area (Å²) in [4.78, 5) is 13.2. The third kappa shape index (κ3) is 3.80. The lowest BCUT2D eigenvalue weighted by atomic mass is 9.83. The van der Waals surface area contributed by atoms with Crippen LogP contribution >= 0.6 is 11.8 Å². The average molecular weight is 310 g/mol. The molecule has 1 aromatic rings. The van der Waals surface area contributed by atoms with E-state index in [0.29, 0.717) is 5.92 Å². The van der Waals surface area contributed by atoms with Crippen LogP contribution in [0.2, 0.25) is 0 Å². The summed E-state index contributed by atoms with van der Waals surface area (Å²) in [6.45, 7) is 4.15. The summed E-state index contributed by atoms with van der Waals surface area (Å²) in [5.74, 6) is 1.14. The monoisotopic (exact) mass is 310 g/mol. The quantitative estimate of drug-likeness (QED) is 0.755. The molecule has 118 valence electrons. The van der Waals surface area contributed by atoms with Crippen molar-refractivity contribution in [3.8, 4) is 0 Å². The first kappa shape index (κ1) is 16.4. The average Bonchev–Trinajstić information content (AvgIpc) is 2.97. The fraction of sp³-hybridized carbons (Fsp3) is 0.733. The zero-order valence-electron chi connectivity index (χ0n) is 13.1. The molecule has 0 bridgehead atoms. The number of nitrogens with two attached hydrogens (primary N) is 1. The molecule has 1 aliphatic carbocycles. The summed E-state index contributed by atoms with van der Waals surface area (Å²) in [6.07, 6.45) is 7.92. The number of aromatic nitrogens is 2. The first-order valence-electron chi connectivity index (χ1n) is 7.63. The van der Waals surface area contributed by atoms with Crippen LogP contribution in [0, 0.1) is 5.92 Å². The summed E-state index contributed by atoms with van der Waals surface area (Å²) in [6, 6.07) is 0.268. The molecular weight excluding hydrogens is 284 g/mol. The van der Waals surface area contributed by atoms with Crippen molar-refractivity contribution >= 4 is 17.7 Å². The molecule has 0 radical (unpaired) electrons. The Labute approximate surface area is 131 Å². The van der Waals surface area contributed by atoms with Gasteiger partial charge in [0.25, 0.3) is 0 Å². The van der Waals surface area contributed by atoms with Gasteiger partial charge >= 0.3 is 0 Å². The van der Waals surface area contributed by atoms with Crippen LogP contribution in [0.15, 0.2) is 17.3 Å². The van der Waals surface area contributed by atoms with Crippen LogP contribution in [0.25, 0.3) is 0 Å². The molecule has 0 spiro atoms. The summed E-state index contributed by atoms with van der Waals surface area (Å²) in [5, 5.41) is 7.63. The Balaban J connectivity index is 1.95. The summed E-state index contributed by atoms with van der Waals surface area (Å²) in [5.41, 5.74) is 5.23. The molecule has 3 N–H and O–H groups in total. The van der Waals surface area contributed by atoms with E-state index in [1.807, 2.05) is 24.1 Å². The second-order valence-electron chi connectivity index (χ2n) is 6.21. The number of nitrogens with zero attached hydrogens (tertiary/aromatic N) is 2. The Bertz CT molecular complexity index is 488. The van der Waals surface area contributed by atoms with E-state index < -0.39 is 5.54 Å². The van der Waals surface area contributed by atoms with Crippen molar-refractivity contribution in [2.75, 3.05) is 5.75 Å². The van der Waals surface area contributed by atoms with Crippen LogP contribution in [-0.4, -0.2) is 33.0 Å². The molecule has 2 unspecified atom stereocenters. The van der Waals surface area contributed by atoms with Gasteiger partial charge in [-0.1, -0.05) is 6.42 Å². The van der Waals surface area contributed by atoms with Gasteiger partial charge in [0.15, 0.2) is 0 Å². The number of aryl methyl sites for hydroxylation is 1. The summed E-state index contributed by atoms with van der Waals surface area (Å²) >= 11 is 1.80. The van der Waals surface area contributed by atoms with Crippen LogP contribution in [0.3, 0.4) is 0 Å². The van der Waals surface area contributed by atoms with E-state index in [0.717, 1.165) is 31.4 Å². The zero-order valence-corrected chi connectivity index (χ0v) is 13.9. The van der Waals surface area contributed by atoms with Gasteiger partial charge < -0.3 is 11.1 Å². The normalized spacial score (nSPS) is 25.6. The number of hydrogen-bond acceptors (Lipinski definition) is 4. The van der Waals surface area contributed by atoms with E-state index in [2.05, 4.69) is 24.3 Å². The predicted molar refractivity (Wildman–Crippen MR) is 86.1 cm³/mol. The Morgan fingerprint density at radius 3 is 3.00 bits per heavy atom. The Hall–Kier alpha value is -1.01. The van der Waals surface area contributed by atoms with Crippen molar-refractivity contribution < 1.29 is 4.79 Å². The molecule has 0 saturated heterocycles. The van der Waals surface area contributed by atoms with Crippen LogP contribution in [0.1, 0.15) is 39.5 Å². The molecule has 1 aromatic heterocycles. The third-order valence-electron chi connectivity index (χ3n) is 4.22. The minimum Gasteiger partial charge on any atom is -0.368 e. The van der Waals surface area contributed by atoms with Gasteiger partial charge in [-0.05, 0) is 44.8 Å². The number of carbonyl (C=O) groups is 1. The van der Waals surface area contributed by atoms with Gasteiger partial charge in [0.2, 0.25) is 5.91 Å². The fourth-order valence-corrected chi connectivity index (χ4v) is 4.35. The van der Waals surface area contributed by atoms with Crippen molar-refractivity contribution in [1.29, 1.82) is 0 Å². The van der Waals surface area contributed by atoms with Crippen LogP contribution < -0.4 is 11.1 Å². The molecular formula is C15H26N4OS. The lowest BCUT2D eigenvalue weighted by Gasteiger charge is -2.35. The standard InChI is InChI=1S/C15H26N4OS/c1-11(2)18-15(14(16)20)7-4-5-12(15)6-8-21-13-9-17-19(3)10-13/h9-12,18H,4-8H2,1-3H3,(H2,16,20). The van der Waals surface area contributed by atoms with Gasteiger partial charge in [0.05, 0.1) is 6.20 Å². The second-order valence-corrected chi connectivity index (χ2v) is 7.38. The van der Waals surface area contributed by atoms with Crippen molar-refractivity contribution in [3.05, 3.63) is 12.4 Å². The van der Waals surface area contributed by atoms with Crippen LogP contribution in [0.4, 0.5) is 0 Å². The molecule has 5 nitrogen and oxygen atoms in total. The number of nitrogens with one attached hydrogen (secondary N) is 1. The molecule has 0 aliphatic heterocycles. The molecule has 0 aromatic carbocycles. The molecule has 2 atom stereocenters. The van der Waals surface area contributed by atoms with E-state index >= 15 is 0 Å². The van der Waals surface area contributed by atoms with E-state index in [9.17, 15) is 4.79 Å². The van der Waals surface area contributed by atoms with Gasteiger partial charge in [0, 0.05) is 24.2 Å². The topological polar surface area (TPSA) is 72.9 Å². The van der Waals surface area contributed by atoms with Gasteiger partial charge in [-0.15, -0.1) is 11.8 Å². The van der Waals surface area contributed by atoms with Gasteiger partial charge in [-0.25, -0.2) is 0 Å². The van der Waals surface area contributed by atoms with Crippen molar-refractivity contribution in [2.24, 2.45) is 18.7 Å². The molecule has 1 heterocycles. The lowest BCUT2D eigenvalue weighted by Crippen LogP contribution is -2.60. The maximum absolute atomic E-state index is 12.0. The molecule has 1 aliphatic rings. The van der Waals surface area contributed by atoms with Crippen molar-refractivity contribution in [3.63, 3.8) is 0 Å². The highest BCUT2D eigenvalue weighted by Gasteiger charge is 2.47. The minimum atomic E-state index is -0.510. The highest BCUT2D eigenvalue weighted by atomic mass is 32.2. The third-order valence-corrected chi connectivity index (χ3v) is 5.21. The molecule has 2 rings (SSSR count). The largest absolute Gasteiger partial charge is 0.368 e. The molecule has 1 fully saturated rings. The van der Waals surface area contributed by atoms with Gasteiger partial charge in [-0.3, -0.25) is 9.48 Å². The molecule has 6 heteroatoms. The van der Waals surface area contributed by atoms with Crippen LogP contribution in [-0.2, 0) is 11.8 Å². The van der Waals surface area contributed by atoms with Crippen molar-refractivity contribution in [1.82, 2.24) is 15.1 Å². The van der Waals surface area contributed by atoms with Crippen molar-refractivity contribution in [2.45, 2.75) is 56.0 Å². The fourth-order valence-electron chi connectivity index (χ4n) is 3.36. The number of thioether (sulfide) groups is 1. The maximum Gasteiger partial charge on any atom is 0.238 e. The van der Waals surface area contributed by atoms with Gasteiger partial charge in [0.1, 0.15) is 5.54 Å². The predicted octanol–water partition coefficient (Wildman–Crippen LogP) is 1.92. The van der Waals surface area contributed by atoms with E-state index in [-0.39, 0.29) is 11.9 Å². The summed E-state index contributed by atoms with van der Waals surface area (Å²) < 4.78 is 1.81. The lowest BCUT2D eigenvalue weighted by molar-refractivity contribution is -0.126. The SMILES string of the molecule is CC(C)NC1(C(N)=O)CCCC1CCSc1cnn(C)c1. The Kier molecular flexibility index (Phi) is 5.32. The highest BCUT2D eigenvalue weighted by Crippen LogP contribution is 2.39. The number of rotatable bonds is 7. The zero-order chi connectivity index (χ0) is 15.5. The smallest absolute Gasteiger partial charge is 0.238 e. The molecule has 21 heavy (non-hydrogen) atoms. The molecule has 1 amide bonds. The maximum atomic E-state index is 12.0. The molecule has 1 saturated carbocycles. The summed E-state index contributed by atoms with van der Waals surface area (Å²) in [7, 11) is 1.92. The highest BCUT2D eigenvalue weighted by molar-refractivity contribution is 7.99. The number of amides is 1. The first-order valence-corrected chi connectivity index (χ1v) is 8.61. The number of hydrogen-bond donors (Lipinski definition) is 2. The van der Waals surface area contributed by atoms with E-state index in [1.165, 1.54) is 4.90 Å². The Morgan fingerprint density at radius 1 is 1.67 bits per heavy atom. The van der Waals surface area contributed by atoms with Crippen LogP contribution in [0.5, 0.6) is 0 Å². The first-order chi connectivity index (χ1) is 9.94. The second kappa shape index (κ2) is 6.83. The number of carbonyl (C=O) groups excluding carboxylic acids is 1. The van der Waals surface area contributed by atoms with Gasteiger partial charge in [-0.2, -0.15) is 5.10 Å². The minimum absolute atomic E-state index is 0.190. The Morgan fingerprint density at radius 2 is 2.43 bits per heavy atom. The number of primary amides is 1. The van der Waals surface area contributed by atoms with E-state index in [1.54, 1.807) is 11.8 Å².